The number of esters is 1. The summed E-state index contributed by atoms with van der Waals surface area (Å²) in [6.07, 6.45) is 0.805. The van der Waals surface area contributed by atoms with E-state index < -0.39 is 5.97 Å². The molecule has 0 aliphatic carbocycles. The third-order valence-corrected chi connectivity index (χ3v) is 4.04. The molecular weight excluding hydrogens is 296 g/mol. The molecule has 0 fully saturated rings. The highest BCUT2D eigenvalue weighted by Gasteiger charge is 2.31. The first kappa shape index (κ1) is 15.3. The fourth-order valence-electron chi connectivity index (χ4n) is 2.99. The van der Waals surface area contributed by atoms with Gasteiger partial charge in [0.15, 0.2) is 6.61 Å². The zero-order valence-electron chi connectivity index (χ0n) is 13.3. The maximum Gasteiger partial charge on any atom is 0.344 e. The molecule has 1 atom stereocenters. The van der Waals surface area contributed by atoms with E-state index in [2.05, 4.69) is 5.16 Å². The number of nitrogens with zero attached hydrogens (tertiary/aromatic N) is 2. The molecule has 1 aliphatic heterocycles. The van der Waals surface area contributed by atoms with Gasteiger partial charge >= 0.3 is 5.97 Å². The van der Waals surface area contributed by atoms with E-state index in [1.54, 1.807) is 18.7 Å². The number of benzene rings is 1. The molecule has 0 spiro atoms. The van der Waals surface area contributed by atoms with Crippen LogP contribution < -0.4 is 4.90 Å². The molecule has 0 saturated carbocycles. The lowest BCUT2D eigenvalue weighted by Crippen LogP contribution is -2.38. The lowest BCUT2D eigenvalue weighted by atomic mass is 10.1. The quantitative estimate of drug-likeness (QED) is 0.814. The van der Waals surface area contributed by atoms with Crippen molar-refractivity contribution in [1.29, 1.82) is 0 Å². The number of carbonyl (C=O) groups excluding carboxylic acids is 2. The summed E-state index contributed by atoms with van der Waals surface area (Å²) in [4.78, 5) is 26.3. The van der Waals surface area contributed by atoms with Crippen LogP contribution in [-0.2, 0) is 16.0 Å². The Morgan fingerprint density at radius 1 is 1.35 bits per heavy atom. The van der Waals surface area contributed by atoms with Gasteiger partial charge in [0.1, 0.15) is 11.3 Å². The van der Waals surface area contributed by atoms with Crippen LogP contribution in [-0.4, -0.2) is 29.7 Å². The van der Waals surface area contributed by atoms with Crippen molar-refractivity contribution >= 4 is 17.6 Å². The Hall–Kier alpha value is -2.63. The molecule has 6 heteroatoms. The molecule has 2 heterocycles. The van der Waals surface area contributed by atoms with E-state index in [0.717, 1.165) is 17.7 Å². The van der Waals surface area contributed by atoms with Gasteiger partial charge < -0.3 is 14.2 Å². The summed E-state index contributed by atoms with van der Waals surface area (Å²) in [5, 5.41) is 3.71. The van der Waals surface area contributed by atoms with Crippen LogP contribution in [0.3, 0.4) is 0 Å². The maximum atomic E-state index is 12.5. The first-order chi connectivity index (χ1) is 11.0. The van der Waals surface area contributed by atoms with Gasteiger partial charge in [-0.2, -0.15) is 0 Å². The Balaban J connectivity index is 1.70. The van der Waals surface area contributed by atoms with Crippen molar-refractivity contribution in [3.8, 4) is 0 Å². The molecule has 1 aliphatic rings. The van der Waals surface area contributed by atoms with Crippen LogP contribution in [0.1, 0.15) is 34.3 Å². The van der Waals surface area contributed by atoms with Gasteiger partial charge in [-0.05, 0) is 38.8 Å². The summed E-state index contributed by atoms with van der Waals surface area (Å²) in [7, 11) is 0. The monoisotopic (exact) mass is 314 g/mol. The minimum Gasteiger partial charge on any atom is -0.452 e. The molecule has 6 nitrogen and oxygen atoms in total. The van der Waals surface area contributed by atoms with Gasteiger partial charge in [-0.15, -0.1) is 0 Å². The van der Waals surface area contributed by atoms with Crippen LogP contribution in [0.2, 0.25) is 0 Å². The molecule has 120 valence electrons. The molecule has 3 rings (SSSR count). The summed E-state index contributed by atoms with van der Waals surface area (Å²) in [6, 6.07) is 7.82. The third-order valence-electron chi connectivity index (χ3n) is 4.04. The zero-order chi connectivity index (χ0) is 16.6. The normalized spacial score (nSPS) is 16.3. The second-order valence-electron chi connectivity index (χ2n) is 5.72. The Labute approximate surface area is 134 Å². The van der Waals surface area contributed by atoms with Crippen LogP contribution in [0.25, 0.3) is 0 Å². The van der Waals surface area contributed by atoms with Crippen molar-refractivity contribution in [3.05, 3.63) is 46.8 Å². The van der Waals surface area contributed by atoms with Crippen molar-refractivity contribution < 1.29 is 18.8 Å². The second kappa shape index (κ2) is 5.87. The largest absolute Gasteiger partial charge is 0.452 e. The lowest BCUT2D eigenvalue weighted by Gasteiger charge is -2.22. The van der Waals surface area contributed by atoms with Crippen molar-refractivity contribution in [1.82, 2.24) is 5.16 Å². The van der Waals surface area contributed by atoms with Gasteiger partial charge in [-0.3, -0.25) is 4.79 Å². The second-order valence-corrected chi connectivity index (χ2v) is 5.72. The smallest absolute Gasteiger partial charge is 0.344 e. The van der Waals surface area contributed by atoms with Gasteiger partial charge in [-0.25, -0.2) is 4.79 Å². The third kappa shape index (κ3) is 2.72. The van der Waals surface area contributed by atoms with Gasteiger partial charge in [0.25, 0.3) is 5.91 Å². The minimum absolute atomic E-state index is 0.0534. The molecule has 1 aromatic carbocycles. The number of fused-ring (bicyclic) bond motifs is 1. The SMILES string of the molecule is Cc1noc(C)c1C(=O)OCC(=O)N1c2ccccc2C[C@H]1C. The number of para-hydroxylation sites is 1. The maximum absolute atomic E-state index is 12.5. The number of carbonyl (C=O) groups is 2. The Morgan fingerprint density at radius 3 is 2.78 bits per heavy atom. The van der Waals surface area contributed by atoms with Crippen molar-refractivity contribution in [2.24, 2.45) is 0 Å². The molecule has 0 unspecified atom stereocenters. The molecule has 0 bridgehead atoms. The van der Waals surface area contributed by atoms with E-state index >= 15 is 0 Å². The molecule has 0 radical (unpaired) electrons. The summed E-state index contributed by atoms with van der Waals surface area (Å²) in [5.41, 5.74) is 2.76. The standard InChI is InChI=1S/C17H18N2O4/c1-10-8-13-6-4-5-7-14(13)19(10)15(20)9-22-17(21)16-11(2)18-23-12(16)3/h4-7,10H,8-9H2,1-3H3/t10-/m1/s1. The fourth-order valence-corrected chi connectivity index (χ4v) is 2.99. The number of aryl methyl sites for hydroxylation is 2. The number of hydrogen-bond acceptors (Lipinski definition) is 5. The van der Waals surface area contributed by atoms with Crippen LogP contribution in [0, 0.1) is 13.8 Å². The van der Waals surface area contributed by atoms with E-state index in [-0.39, 0.29) is 24.1 Å². The van der Waals surface area contributed by atoms with Gasteiger partial charge in [0.2, 0.25) is 0 Å². The summed E-state index contributed by atoms with van der Waals surface area (Å²) in [5.74, 6) is -0.433. The van der Waals surface area contributed by atoms with E-state index in [9.17, 15) is 9.59 Å². The number of anilines is 1. The number of ether oxygens (including phenoxy) is 1. The van der Waals surface area contributed by atoms with Crippen molar-refractivity contribution in [2.75, 3.05) is 11.5 Å². The number of amides is 1. The predicted molar refractivity (Wildman–Crippen MR) is 83.4 cm³/mol. The topological polar surface area (TPSA) is 72.6 Å². The molecule has 2 aromatic rings. The minimum atomic E-state index is -0.588. The highest BCUT2D eigenvalue weighted by Crippen LogP contribution is 2.31. The fraction of sp³-hybridized carbons (Fsp3) is 0.353. The van der Waals surface area contributed by atoms with Crippen molar-refractivity contribution in [2.45, 2.75) is 33.2 Å². The Kier molecular flexibility index (Phi) is 3.90. The predicted octanol–water partition coefficient (Wildman–Crippen LogP) is 2.43. The Morgan fingerprint density at radius 2 is 2.09 bits per heavy atom. The number of rotatable bonds is 3. The van der Waals surface area contributed by atoms with Crippen LogP contribution in [0.15, 0.2) is 28.8 Å². The average Bonchev–Trinajstić information content (AvgIpc) is 3.03. The number of aromatic nitrogens is 1. The van der Waals surface area contributed by atoms with E-state index in [4.69, 9.17) is 9.26 Å². The van der Waals surface area contributed by atoms with E-state index in [1.165, 1.54) is 0 Å². The summed E-state index contributed by atoms with van der Waals surface area (Å²) < 4.78 is 10.1. The summed E-state index contributed by atoms with van der Waals surface area (Å²) in [6.45, 7) is 4.97. The van der Waals surface area contributed by atoms with Gasteiger partial charge in [0.05, 0.1) is 5.69 Å². The van der Waals surface area contributed by atoms with Crippen LogP contribution >= 0.6 is 0 Å². The zero-order valence-corrected chi connectivity index (χ0v) is 13.3. The first-order valence-electron chi connectivity index (χ1n) is 7.49. The molecule has 23 heavy (non-hydrogen) atoms. The Bertz CT molecular complexity index is 746. The molecular formula is C17H18N2O4. The van der Waals surface area contributed by atoms with Gasteiger partial charge in [0, 0.05) is 11.7 Å². The van der Waals surface area contributed by atoms with E-state index in [0.29, 0.717) is 11.5 Å². The van der Waals surface area contributed by atoms with Crippen molar-refractivity contribution in [3.63, 3.8) is 0 Å². The summed E-state index contributed by atoms with van der Waals surface area (Å²) >= 11 is 0. The van der Waals surface area contributed by atoms with E-state index in [1.807, 2.05) is 31.2 Å². The van der Waals surface area contributed by atoms with Crippen LogP contribution in [0.4, 0.5) is 5.69 Å². The molecule has 0 saturated heterocycles. The molecule has 1 aromatic heterocycles. The first-order valence-corrected chi connectivity index (χ1v) is 7.49. The highest BCUT2D eigenvalue weighted by molar-refractivity contribution is 5.99. The average molecular weight is 314 g/mol. The number of hydrogen-bond donors (Lipinski definition) is 0. The van der Waals surface area contributed by atoms with Gasteiger partial charge in [-0.1, -0.05) is 23.4 Å². The highest BCUT2D eigenvalue weighted by atomic mass is 16.5. The molecule has 0 N–H and O–H groups in total. The molecule has 1 amide bonds. The van der Waals surface area contributed by atoms with Crippen LogP contribution in [0.5, 0.6) is 0 Å². The lowest BCUT2D eigenvalue weighted by molar-refractivity contribution is -0.122.